The molecule has 8 heteroatoms. The van der Waals surface area contributed by atoms with E-state index in [0.29, 0.717) is 35.5 Å². The Balaban J connectivity index is 1.64. The minimum absolute atomic E-state index is 0.105. The van der Waals surface area contributed by atoms with E-state index in [1.165, 1.54) is 28.2 Å². The van der Waals surface area contributed by atoms with Crippen molar-refractivity contribution in [2.75, 3.05) is 32.5 Å². The summed E-state index contributed by atoms with van der Waals surface area (Å²) in [6.45, 7) is 8.27. The van der Waals surface area contributed by atoms with Crippen LogP contribution in [-0.4, -0.2) is 58.7 Å². The molecule has 7 nitrogen and oxygen atoms in total. The number of urea groups is 1. The van der Waals surface area contributed by atoms with Crippen LogP contribution in [0.3, 0.4) is 0 Å². The number of amidine groups is 1. The lowest BCUT2D eigenvalue weighted by atomic mass is 9.95. The first-order valence-corrected chi connectivity index (χ1v) is 13.2. The highest BCUT2D eigenvalue weighted by atomic mass is 32.1. The number of likely N-dealkylation sites (tertiary alicyclic amines) is 1. The van der Waals surface area contributed by atoms with Gasteiger partial charge in [-0.15, -0.1) is 0 Å². The largest absolute Gasteiger partial charge is 0.367 e. The SMILES string of the molecule is CN1C(=O)N(CC(C)(C)C)C(=N)/C(=C(\NCc2ccc(C3CCCN3C)cc2)Nc2ccccc2)C1=S. The van der Waals surface area contributed by atoms with Gasteiger partial charge in [0.15, 0.2) is 0 Å². The van der Waals surface area contributed by atoms with Crippen LogP contribution in [0.4, 0.5) is 10.5 Å². The molecule has 196 valence electrons. The molecule has 2 saturated heterocycles. The van der Waals surface area contributed by atoms with Crippen LogP contribution in [0.2, 0.25) is 0 Å². The van der Waals surface area contributed by atoms with E-state index in [4.69, 9.17) is 17.6 Å². The summed E-state index contributed by atoms with van der Waals surface area (Å²) >= 11 is 5.71. The lowest BCUT2D eigenvalue weighted by Crippen LogP contribution is -2.56. The number of hydrogen-bond donors (Lipinski definition) is 3. The Hall–Kier alpha value is -3.23. The van der Waals surface area contributed by atoms with Crippen LogP contribution in [0.1, 0.15) is 50.8 Å². The van der Waals surface area contributed by atoms with Gasteiger partial charge in [-0.1, -0.05) is 75.5 Å². The second-order valence-electron chi connectivity index (χ2n) is 11.1. The Morgan fingerprint density at radius 1 is 1.08 bits per heavy atom. The standard InChI is InChI=1S/C29H38N6OS/c1-29(2,3)19-35-25(30)24(27(37)34(5)28(35)36)26(32-22-10-7-6-8-11-22)31-18-20-13-15-21(16-14-20)23-12-9-17-33(23)4/h6-8,10-11,13-16,23,30-32H,9,12,17-19H2,1-5H3/b26-24-,30-25?. The van der Waals surface area contributed by atoms with Crippen molar-refractivity contribution in [3.05, 3.63) is 77.1 Å². The highest BCUT2D eigenvalue weighted by Crippen LogP contribution is 2.30. The number of para-hydroxylation sites is 1. The third kappa shape index (κ3) is 6.19. The molecule has 0 saturated carbocycles. The van der Waals surface area contributed by atoms with Crippen molar-refractivity contribution >= 4 is 34.8 Å². The zero-order valence-corrected chi connectivity index (χ0v) is 23.3. The Kier molecular flexibility index (Phi) is 7.99. The van der Waals surface area contributed by atoms with Crippen LogP contribution in [0, 0.1) is 10.8 Å². The minimum atomic E-state index is -0.278. The first kappa shape index (κ1) is 26.8. The molecule has 0 spiro atoms. The van der Waals surface area contributed by atoms with E-state index in [-0.39, 0.29) is 17.3 Å². The fourth-order valence-corrected chi connectivity index (χ4v) is 5.13. The smallest absolute Gasteiger partial charge is 0.330 e. The fraction of sp³-hybridized carbons (Fsp3) is 0.414. The molecule has 0 bridgehead atoms. The molecule has 0 radical (unpaired) electrons. The Morgan fingerprint density at radius 3 is 2.35 bits per heavy atom. The lowest BCUT2D eigenvalue weighted by molar-refractivity contribution is 0.188. The highest BCUT2D eigenvalue weighted by Gasteiger charge is 2.38. The molecule has 3 N–H and O–H groups in total. The zero-order valence-electron chi connectivity index (χ0n) is 22.5. The van der Waals surface area contributed by atoms with E-state index in [0.717, 1.165) is 17.8 Å². The van der Waals surface area contributed by atoms with Crippen LogP contribution in [-0.2, 0) is 6.54 Å². The molecule has 2 aliphatic heterocycles. The average molecular weight is 519 g/mol. The molecule has 2 aromatic carbocycles. The van der Waals surface area contributed by atoms with Gasteiger partial charge in [0, 0.05) is 31.9 Å². The van der Waals surface area contributed by atoms with Gasteiger partial charge in [0.2, 0.25) is 0 Å². The second-order valence-corrected chi connectivity index (χ2v) is 11.5. The van der Waals surface area contributed by atoms with Gasteiger partial charge < -0.3 is 10.6 Å². The Bertz CT molecular complexity index is 1190. The number of likely N-dealkylation sites (N-methyl/N-ethyl adjacent to an activating group) is 1. The van der Waals surface area contributed by atoms with Crippen molar-refractivity contribution in [1.82, 2.24) is 20.0 Å². The number of carbonyl (C=O) groups excluding carboxylic acids is 1. The molecule has 0 aliphatic carbocycles. The lowest BCUT2D eigenvalue weighted by Gasteiger charge is -2.39. The van der Waals surface area contributed by atoms with Crippen molar-refractivity contribution in [3.63, 3.8) is 0 Å². The van der Waals surface area contributed by atoms with Crippen molar-refractivity contribution < 1.29 is 4.79 Å². The first-order valence-electron chi connectivity index (χ1n) is 12.8. The summed E-state index contributed by atoms with van der Waals surface area (Å²) in [4.78, 5) is 18.7. The number of nitrogens with zero attached hydrogens (tertiary/aromatic N) is 3. The topological polar surface area (TPSA) is 74.7 Å². The molecule has 2 amide bonds. The molecule has 0 aromatic heterocycles. The third-order valence-corrected chi connectivity index (χ3v) is 7.30. The molecule has 2 aromatic rings. The summed E-state index contributed by atoms with van der Waals surface area (Å²) < 4.78 is 0. The predicted molar refractivity (Wildman–Crippen MR) is 155 cm³/mol. The van der Waals surface area contributed by atoms with Crippen LogP contribution >= 0.6 is 12.2 Å². The van der Waals surface area contributed by atoms with Crippen LogP contribution in [0.15, 0.2) is 66.0 Å². The Labute approximate surface area is 226 Å². The zero-order chi connectivity index (χ0) is 26.7. The molecule has 4 rings (SSSR count). The number of rotatable bonds is 7. The molecular weight excluding hydrogens is 480 g/mol. The molecule has 2 aliphatic rings. The summed E-state index contributed by atoms with van der Waals surface area (Å²) in [5.41, 5.74) is 3.67. The van der Waals surface area contributed by atoms with Gasteiger partial charge in [0.05, 0.1) is 5.57 Å². The predicted octanol–water partition coefficient (Wildman–Crippen LogP) is 5.58. The monoisotopic (exact) mass is 518 g/mol. The number of hydrogen-bond acceptors (Lipinski definition) is 6. The number of anilines is 1. The van der Waals surface area contributed by atoms with Gasteiger partial charge in [-0.25, -0.2) is 4.79 Å². The average Bonchev–Trinajstić information content (AvgIpc) is 3.30. The number of benzene rings is 2. The van der Waals surface area contributed by atoms with E-state index in [1.807, 2.05) is 30.3 Å². The highest BCUT2D eigenvalue weighted by molar-refractivity contribution is 7.80. The van der Waals surface area contributed by atoms with E-state index >= 15 is 0 Å². The van der Waals surface area contributed by atoms with Crippen molar-refractivity contribution in [3.8, 4) is 0 Å². The van der Waals surface area contributed by atoms with Gasteiger partial charge >= 0.3 is 6.03 Å². The number of amides is 2. The van der Waals surface area contributed by atoms with Crippen LogP contribution < -0.4 is 10.6 Å². The molecule has 1 unspecified atom stereocenters. The van der Waals surface area contributed by atoms with Gasteiger partial charge in [-0.2, -0.15) is 0 Å². The number of thiocarbonyl (C=S) groups is 1. The molecular formula is C29H38N6OS. The van der Waals surface area contributed by atoms with Gasteiger partial charge in [-0.05, 0) is 55.1 Å². The van der Waals surface area contributed by atoms with Crippen LogP contribution in [0.5, 0.6) is 0 Å². The summed E-state index contributed by atoms with van der Waals surface area (Å²) in [7, 11) is 3.86. The maximum Gasteiger partial charge on any atom is 0.330 e. The van der Waals surface area contributed by atoms with Crippen molar-refractivity contribution in [2.24, 2.45) is 5.41 Å². The quantitative estimate of drug-likeness (QED) is 0.329. The normalized spacial score (nSPS) is 20.5. The third-order valence-electron chi connectivity index (χ3n) is 6.82. The Morgan fingerprint density at radius 2 is 1.76 bits per heavy atom. The minimum Gasteiger partial charge on any atom is -0.367 e. The summed E-state index contributed by atoms with van der Waals surface area (Å²) in [6.07, 6.45) is 2.43. The van der Waals surface area contributed by atoms with Gasteiger partial charge in [0.25, 0.3) is 0 Å². The molecule has 1 atom stereocenters. The van der Waals surface area contributed by atoms with E-state index in [2.05, 4.69) is 67.6 Å². The van der Waals surface area contributed by atoms with Gasteiger partial charge in [-0.3, -0.25) is 20.1 Å². The van der Waals surface area contributed by atoms with Crippen molar-refractivity contribution in [2.45, 2.75) is 46.2 Å². The van der Waals surface area contributed by atoms with Crippen LogP contribution in [0.25, 0.3) is 0 Å². The van der Waals surface area contributed by atoms with Gasteiger partial charge in [0.1, 0.15) is 16.6 Å². The van der Waals surface area contributed by atoms with E-state index in [1.54, 1.807) is 7.05 Å². The molecule has 2 heterocycles. The van der Waals surface area contributed by atoms with E-state index < -0.39 is 0 Å². The molecule has 2 fully saturated rings. The fourth-order valence-electron chi connectivity index (χ4n) is 4.85. The first-order chi connectivity index (χ1) is 17.5. The number of nitrogens with one attached hydrogen (secondary N) is 3. The molecule has 37 heavy (non-hydrogen) atoms. The maximum absolute atomic E-state index is 13.1. The summed E-state index contributed by atoms with van der Waals surface area (Å²) in [6, 6.07) is 18.7. The van der Waals surface area contributed by atoms with Crippen molar-refractivity contribution in [1.29, 1.82) is 5.41 Å². The number of carbonyl (C=O) groups is 1. The van der Waals surface area contributed by atoms with E-state index in [9.17, 15) is 4.79 Å². The summed E-state index contributed by atoms with van der Waals surface area (Å²) in [5.74, 6) is 0.715. The second kappa shape index (κ2) is 11.0. The summed E-state index contributed by atoms with van der Waals surface area (Å²) in [5, 5.41) is 15.9. The maximum atomic E-state index is 13.1.